The van der Waals surface area contributed by atoms with E-state index in [9.17, 15) is 14.7 Å². The van der Waals surface area contributed by atoms with E-state index in [-0.39, 0.29) is 18.1 Å². The molecule has 0 aliphatic heterocycles. The van der Waals surface area contributed by atoms with Crippen LogP contribution < -0.4 is 21.7 Å². The number of benzene rings is 1. The Morgan fingerprint density at radius 2 is 1.87 bits per heavy atom. The number of rotatable bonds is 16. The lowest BCUT2D eigenvalue weighted by Gasteiger charge is -2.29. The highest BCUT2D eigenvalue weighted by Gasteiger charge is 2.27. The summed E-state index contributed by atoms with van der Waals surface area (Å²) in [6.45, 7) is 4.80. The minimum atomic E-state index is -1.02. The topological polar surface area (TPSA) is 116 Å². The quantitative estimate of drug-likeness (QED) is 0.161. The Labute approximate surface area is 196 Å². The van der Waals surface area contributed by atoms with Crippen LogP contribution in [0.25, 0.3) is 0 Å². The number of carboxylic acid groups (broad SMARTS) is 1. The molecule has 4 atom stereocenters. The molecule has 1 aromatic rings. The van der Waals surface area contributed by atoms with E-state index in [0.29, 0.717) is 36.8 Å². The summed E-state index contributed by atoms with van der Waals surface area (Å²) in [5.74, 6) is 0.285. The summed E-state index contributed by atoms with van der Waals surface area (Å²) in [6.07, 6.45) is 3.41. The Balaban J connectivity index is 2.98. The number of hydrogen-bond donors (Lipinski definition) is 6. The van der Waals surface area contributed by atoms with E-state index in [0.717, 1.165) is 12.0 Å². The average Bonchev–Trinajstić information content (AvgIpc) is 2.74. The van der Waals surface area contributed by atoms with Crippen molar-refractivity contribution in [2.24, 2.45) is 11.7 Å². The van der Waals surface area contributed by atoms with Crippen molar-refractivity contribution in [3.05, 3.63) is 35.9 Å². The molecule has 7 nitrogen and oxygen atoms in total. The van der Waals surface area contributed by atoms with Crippen molar-refractivity contribution in [2.45, 2.75) is 57.4 Å². The summed E-state index contributed by atoms with van der Waals surface area (Å²) in [5.41, 5.74) is 7.00. The van der Waals surface area contributed by atoms with Gasteiger partial charge in [-0.1, -0.05) is 44.2 Å². The fourth-order valence-corrected chi connectivity index (χ4v) is 3.73. The van der Waals surface area contributed by atoms with Gasteiger partial charge in [-0.25, -0.2) is 4.79 Å². The Morgan fingerprint density at radius 3 is 2.42 bits per heavy atom. The zero-order chi connectivity index (χ0) is 23.2. The second kappa shape index (κ2) is 15.5. The molecule has 31 heavy (non-hydrogen) atoms. The van der Waals surface area contributed by atoms with Crippen LogP contribution in [0, 0.1) is 5.92 Å². The fraction of sp³-hybridized carbons (Fsp3) is 0.636. The number of amides is 1. The number of aliphatic carboxylic acids is 1. The number of carbonyl (C=O) groups excluding carboxylic acids is 1. The highest BCUT2D eigenvalue weighted by atomic mass is 32.2. The second-order valence-electron chi connectivity index (χ2n) is 8.12. The maximum Gasteiger partial charge on any atom is 0.326 e. The lowest BCUT2D eigenvalue weighted by molar-refractivity contribution is -0.142. The van der Waals surface area contributed by atoms with Gasteiger partial charge in [-0.15, -0.1) is 0 Å². The van der Waals surface area contributed by atoms with Crippen LogP contribution in [0.15, 0.2) is 30.3 Å². The van der Waals surface area contributed by atoms with E-state index in [2.05, 4.69) is 42.4 Å². The molecule has 0 bridgehead atoms. The average molecular weight is 471 g/mol. The van der Waals surface area contributed by atoms with E-state index in [4.69, 9.17) is 5.73 Å². The van der Waals surface area contributed by atoms with Crippen LogP contribution in [0.3, 0.4) is 0 Å². The number of nitrogens with one attached hydrogen (secondary N) is 3. The third kappa shape index (κ3) is 11.8. The maximum atomic E-state index is 13.1. The smallest absolute Gasteiger partial charge is 0.326 e. The predicted octanol–water partition coefficient (Wildman–Crippen LogP) is 1.73. The first-order chi connectivity index (χ1) is 14.8. The number of nitrogens with two attached hydrogens (primary N) is 1. The normalized spacial score (nSPS) is 15.3. The van der Waals surface area contributed by atoms with Gasteiger partial charge in [-0.05, 0) is 42.8 Å². The number of thiol groups is 1. The molecular weight excluding hydrogens is 432 g/mol. The Bertz CT molecular complexity index is 649. The zero-order valence-electron chi connectivity index (χ0n) is 18.7. The van der Waals surface area contributed by atoms with Crippen molar-refractivity contribution in [3.63, 3.8) is 0 Å². The summed E-state index contributed by atoms with van der Waals surface area (Å²) in [4.78, 5) is 24.8. The first-order valence-electron chi connectivity index (χ1n) is 10.7. The van der Waals surface area contributed by atoms with Crippen LogP contribution >= 0.6 is 24.4 Å². The fourth-order valence-electron chi connectivity index (χ4n) is 3.13. The minimum Gasteiger partial charge on any atom is -0.480 e. The van der Waals surface area contributed by atoms with Gasteiger partial charge in [-0.3, -0.25) is 10.1 Å². The van der Waals surface area contributed by atoms with Gasteiger partial charge in [0.15, 0.2) is 0 Å². The van der Waals surface area contributed by atoms with Crippen molar-refractivity contribution < 1.29 is 14.7 Å². The van der Waals surface area contributed by atoms with Gasteiger partial charge >= 0.3 is 5.97 Å². The highest BCUT2D eigenvalue weighted by Crippen LogP contribution is 2.09. The van der Waals surface area contributed by atoms with Gasteiger partial charge in [0.05, 0.1) is 12.2 Å². The van der Waals surface area contributed by atoms with E-state index >= 15 is 0 Å². The maximum absolute atomic E-state index is 13.1. The number of thioether (sulfide) groups is 1. The molecule has 6 N–H and O–H groups in total. The molecule has 176 valence electrons. The van der Waals surface area contributed by atoms with E-state index in [1.54, 1.807) is 11.8 Å². The predicted molar refractivity (Wildman–Crippen MR) is 133 cm³/mol. The van der Waals surface area contributed by atoms with Gasteiger partial charge < -0.3 is 21.5 Å². The summed E-state index contributed by atoms with van der Waals surface area (Å²) in [7, 11) is 0. The molecule has 1 unspecified atom stereocenters. The SMILES string of the molecule is CSCC[C@H](NC(=O)[C@H](Cc1ccccc1)NC(CC(C)C)NC[C@@H](N)CS)C(=O)O. The minimum absolute atomic E-state index is 0.0934. The summed E-state index contributed by atoms with van der Waals surface area (Å²) < 4.78 is 0. The number of carboxylic acids is 1. The molecule has 0 heterocycles. The summed E-state index contributed by atoms with van der Waals surface area (Å²) in [5, 5.41) is 19.1. The van der Waals surface area contributed by atoms with Gasteiger partial charge in [0.1, 0.15) is 6.04 Å². The third-order valence-electron chi connectivity index (χ3n) is 4.79. The lowest BCUT2D eigenvalue weighted by atomic mass is 10.0. The molecule has 0 aromatic heterocycles. The van der Waals surface area contributed by atoms with Crippen molar-refractivity contribution >= 4 is 36.3 Å². The molecule has 1 aromatic carbocycles. The second-order valence-corrected chi connectivity index (χ2v) is 9.47. The van der Waals surface area contributed by atoms with Crippen molar-refractivity contribution in [1.29, 1.82) is 0 Å². The van der Waals surface area contributed by atoms with E-state index in [1.807, 2.05) is 36.6 Å². The van der Waals surface area contributed by atoms with Gasteiger partial charge in [-0.2, -0.15) is 24.4 Å². The summed E-state index contributed by atoms with van der Waals surface area (Å²) in [6, 6.07) is 8.13. The lowest BCUT2D eigenvalue weighted by Crippen LogP contribution is -2.58. The third-order valence-corrected chi connectivity index (χ3v) is 5.91. The molecule has 0 aliphatic rings. The Hall–Kier alpha value is -1.26. The molecule has 0 aliphatic carbocycles. The Morgan fingerprint density at radius 1 is 1.19 bits per heavy atom. The molecule has 1 rings (SSSR count). The molecule has 0 radical (unpaired) electrons. The standard InChI is InChI=1S/C22H38N4O3S2/c1-15(2)11-20(24-13-17(23)14-30)25-19(12-16-7-5-4-6-8-16)21(27)26-18(22(28)29)9-10-31-3/h4-8,15,17-20,24-25,30H,9-14,23H2,1-3H3,(H,26,27)(H,28,29)/t17-,18+,19+,20?/m1/s1. The highest BCUT2D eigenvalue weighted by molar-refractivity contribution is 7.98. The number of hydrogen-bond acceptors (Lipinski definition) is 7. The van der Waals surface area contributed by atoms with Crippen LogP contribution in [0.1, 0.15) is 32.3 Å². The van der Waals surface area contributed by atoms with Crippen LogP contribution in [0.5, 0.6) is 0 Å². The van der Waals surface area contributed by atoms with Gasteiger partial charge in [0.25, 0.3) is 0 Å². The van der Waals surface area contributed by atoms with Crippen molar-refractivity contribution in [1.82, 2.24) is 16.0 Å². The molecule has 0 spiro atoms. The van der Waals surface area contributed by atoms with Crippen LogP contribution in [0.4, 0.5) is 0 Å². The molecule has 0 saturated heterocycles. The molecule has 0 saturated carbocycles. The molecular formula is C22H38N4O3S2. The molecule has 9 heteroatoms. The first kappa shape index (κ1) is 27.8. The zero-order valence-corrected chi connectivity index (χ0v) is 20.4. The van der Waals surface area contributed by atoms with Gasteiger partial charge in [0, 0.05) is 18.3 Å². The first-order valence-corrected chi connectivity index (χ1v) is 12.7. The van der Waals surface area contributed by atoms with Crippen LogP contribution in [-0.2, 0) is 16.0 Å². The molecule has 0 fully saturated rings. The van der Waals surface area contributed by atoms with Crippen LogP contribution in [0.2, 0.25) is 0 Å². The Kier molecular flexibility index (Phi) is 13.9. The van der Waals surface area contributed by atoms with Gasteiger partial charge in [0.2, 0.25) is 5.91 Å². The largest absolute Gasteiger partial charge is 0.480 e. The van der Waals surface area contributed by atoms with E-state index < -0.39 is 18.1 Å². The van der Waals surface area contributed by atoms with Crippen LogP contribution in [-0.4, -0.2) is 65.6 Å². The van der Waals surface area contributed by atoms with Crippen molar-refractivity contribution in [3.8, 4) is 0 Å². The summed E-state index contributed by atoms with van der Waals surface area (Å²) >= 11 is 5.79. The monoisotopic (exact) mass is 470 g/mol. The number of carbonyl (C=O) groups is 2. The van der Waals surface area contributed by atoms with E-state index in [1.165, 1.54) is 0 Å². The molecule has 1 amide bonds. The van der Waals surface area contributed by atoms with Crippen molar-refractivity contribution in [2.75, 3.05) is 24.3 Å².